The Balaban J connectivity index is 2.12. The third kappa shape index (κ3) is 8.69. The van der Waals surface area contributed by atoms with Crippen LogP contribution in [-0.2, 0) is 26.0 Å². The van der Waals surface area contributed by atoms with Gasteiger partial charge in [0.2, 0.25) is 21.8 Å². The van der Waals surface area contributed by atoms with Crippen molar-refractivity contribution in [3.05, 3.63) is 65.2 Å². The maximum absolute atomic E-state index is 13.2. The zero-order valence-electron chi connectivity index (χ0n) is 21.7. The highest BCUT2D eigenvalue weighted by Gasteiger charge is 2.26. The number of nitrogens with zero attached hydrogens (tertiary/aromatic N) is 2. The number of benzene rings is 2. The first-order chi connectivity index (χ1) is 16.4. The predicted molar refractivity (Wildman–Crippen MR) is 142 cm³/mol. The van der Waals surface area contributed by atoms with Crippen LogP contribution in [0.15, 0.2) is 48.5 Å². The molecule has 0 aliphatic heterocycles. The van der Waals surface area contributed by atoms with Gasteiger partial charge in [0.1, 0.15) is 6.04 Å². The molecule has 8 heteroatoms. The molecular weight excluding hydrogens is 462 g/mol. The summed E-state index contributed by atoms with van der Waals surface area (Å²) >= 11 is 0. The van der Waals surface area contributed by atoms with Crippen LogP contribution in [0.2, 0.25) is 0 Å². The van der Waals surface area contributed by atoms with Gasteiger partial charge in [0.25, 0.3) is 0 Å². The summed E-state index contributed by atoms with van der Waals surface area (Å²) in [4.78, 5) is 27.5. The van der Waals surface area contributed by atoms with Crippen LogP contribution in [0.5, 0.6) is 0 Å². The lowest BCUT2D eigenvalue weighted by Gasteiger charge is -2.30. The molecule has 0 heterocycles. The molecule has 0 bridgehead atoms. The van der Waals surface area contributed by atoms with Crippen molar-refractivity contribution in [3.8, 4) is 0 Å². The quantitative estimate of drug-likeness (QED) is 0.479. The number of rotatable bonds is 12. The van der Waals surface area contributed by atoms with Crippen molar-refractivity contribution in [2.24, 2.45) is 0 Å². The van der Waals surface area contributed by atoms with E-state index in [9.17, 15) is 18.0 Å². The van der Waals surface area contributed by atoms with E-state index >= 15 is 0 Å². The van der Waals surface area contributed by atoms with Crippen molar-refractivity contribution in [2.45, 2.75) is 66.0 Å². The van der Waals surface area contributed by atoms with Gasteiger partial charge >= 0.3 is 0 Å². The molecule has 0 saturated heterocycles. The van der Waals surface area contributed by atoms with Crippen LogP contribution in [0.25, 0.3) is 0 Å². The molecule has 0 aliphatic carbocycles. The van der Waals surface area contributed by atoms with Gasteiger partial charge in [0.05, 0.1) is 11.9 Å². The number of carbonyl (C=O) groups is 2. The van der Waals surface area contributed by atoms with Crippen molar-refractivity contribution in [2.75, 3.05) is 23.7 Å². The summed E-state index contributed by atoms with van der Waals surface area (Å²) in [6, 6.07) is 14.7. The molecule has 192 valence electrons. The van der Waals surface area contributed by atoms with Crippen LogP contribution in [0.4, 0.5) is 5.69 Å². The summed E-state index contributed by atoms with van der Waals surface area (Å²) in [5.41, 5.74) is 3.76. The second-order valence-electron chi connectivity index (χ2n) is 9.37. The van der Waals surface area contributed by atoms with Crippen LogP contribution < -0.4 is 9.62 Å². The summed E-state index contributed by atoms with van der Waals surface area (Å²) in [5, 5.41) is 2.88. The molecule has 0 unspecified atom stereocenters. The van der Waals surface area contributed by atoms with Crippen molar-refractivity contribution < 1.29 is 18.0 Å². The van der Waals surface area contributed by atoms with Crippen LogP contribution in [0.1, 0.15) is 50.3 Å². The highest BCUT2D eigenvalue weighted by molar-refractivity contribution is 7.92. The minimum Gasteiger partial charge on any atom is -0.352 e. The zero-order chi connectivity index (χ0) is 26.2. The highest BCUT2D eigenvalue weighted by atomic mass is 32.2. The van der Waals surface area contributed by atoms with Crippen LogP contribution >= 0.6 is 0 Å². The number of hydrogen-bond donors (Lipinski definition) is 1. The van der Waals surface area contributed by atoms with Gasteiger partial charge in [-0.2, -0.15) is 0 Å². The van der Waals surface area contributed by atoms with Gasteiger partial charge in [0, 0.05) is 25.6 Å². The maximum atomic E-state index is 13.2. The molecule has 0 radical (unpaired) electrons. The van der Waals surface area contributed by atoms with Crippen molar-refractivity contribution in [3.63, 3.8) is 0 Å². The summed E-state index contributed by atoms with van der Waals surface area (Å²) in [6.07, 6.45) is 2.29. The maximum Gasteiger partial charge on any atom is 0.242 e. The number of sulfonamides is 1. The average molecular weight is 502 g/mol. The lowest BCUT2D eigenvalue weighted by Crippen LogP contribution is -2.50. The molecule has 0 fully saturated rings. The third-order valence-electron chi connectivity index (χ3n) is 6.01. The van der Waals surface area contributed by atoms with Gasteiger partial charge in [-0.1, -0.05) is 36.4 Å². The van der Waals surface area contributed by atoms with Crippen LogP contribution in [-0.4, -0.2) is 56.6 Å². The molecule has 35 heavy (non-hydrogen) atoms. The van der Waals surface area contributed by atoms with E-state index in [1.165, 1.54) is 10.6 Å². The lowest BCUT2D eigenvalue weighted by atomic mass is 10.1. The second kappa shape index (κ2) is 12.7. The first-order valence-electron chi connectivity index (χ1n) is 12.1. The van der Waals surface area contributed by atoms with Gasteiger partial charge in [-0.25, -0.2) is 8.42 Å². The fraction of sp³-hybridized carbons (Fsp3) is 0.481. The van der Waals surface area contributed by atoms with E-state index in [1.54, 1.807) is 17.9 Å². The van der Waals surface area contributed by atoms with Gasteiger partial charge in [-0.05, 0) is 76.3 Å². The Hall–Kier alpha value is -2.87. The molecule has 2 rings (SSSR count). The van der Waals surface area contributed by atoms with Crippen LogP contribution in [0.3, 0.4) is 0 Å². The predicted octanol–water partition coefficient (Wildman–Crippen LogP) is 3.83. The Kier molecular flexibility index (Phi) is 10.3. The monoisotopic (exact) mass is 501 g/mol. The number of aryl methyl sites for hydroxylation is 2. The fourth-order valence-electron chi connectivity index (χ4n) is 3.86. The highest BCUT2D eigenvalue weighted by Crippen LogP contribution is 2.22. The Labute approximate surface area is 210 Å². The molecule has 7 nitrogen and oxygen atoms in total. The topological polar surface area (TPSA) is 86.8 Å². The van der Waals surface area contributed by atoms with Crippen molar-refractivity contribution in [1.29, 1.82) is 0 Å². The minimum atomic E-state index is -3.51. The largest absolute Gasteiger partial charge is 0.352 e. The Morgan fingerprint density at radius 2 is 1.60 bits per heavy atom. The molecule has 2 aromatic carbocycles. The van der Waals surface area contributed by atoms with Crippen molar-refractivity contribution >= 4 is 27.5 Å². The first kappa shape index (κ1) is 28.4. The fourth-order valence-corrected chi connectivity index (χ4v) is 4.82. The summed E-state index contributed by atoms with van der Waals surface area (Å²) in [5.74, 6) is -0.366. The van der Waals surface area contributed by atoms with E-state index in [-0.39, 0.29) is 30.8 Å². The number of hydrogen-bond acceptors (Lipinski definition) is 4. The molecule has 2 aromatic rings. The van der Waals surface area contributed by atoms with E-state index in [1.807, 2.05) is 70.2 Å². The van der Waals surface area contributed by atoms with E-state index in [0.29, 0.717) is 25.1 Å². The Morgan fingerprint density at radius 3 is 2.17 bits per heavy atom. The summed E-state index contributed by atoms with van der Waals surface area (Å²) < 4.78 is 26.3. The molecule has 1 N–H and O–H groups in total. The molecule has 0 saturated carbocycles. The van der Waals surface area contributed by atoms with Gasteiger partial charge in [-0.15, -0.1) is 0 Å². The van der Waals surface area contributed by atoms with Gasteiger partial charge in [0.15, 0.2) is 0 Å². The number of nitrogens with one attached hydrogen (secondary N) is 1. The first-order valence-corrected chi connectivity index (χ1v) is 13.9. The number of anilines is 1. The molecule has 0 spiro atoms. The molecule has 0 aliphatic rings. The average Bonchev–Trinajstić information content (AvgIpc) is 2.78. The molecule has 0 aromatic heterocycles. The summed E-state index contributed by atoms with van der Waals surface area (Å²) in [6.45, 7) is 10.0. The molecular formula is C27H39N3O4S. The summed E-state index contributed by atoms with van der Waals surface area (Å²) in [7, 11) is -3.51. The van der Waals surface area contributed by atoms with Crippen LogP contribution in [0, 0.1) is 13.8 Å². The van der Waals surface area contributed by atoms with Crippen molar-refractivity contribution in [1.82, 2.24) is 10.2 Å². The Bertz CT molecular complexity index is 1100. The second-order valence-corrected chi connectivity index (χ2v) is 11.3. The zero-order valence-corrected chi connectivity index (χ0v) is 22.6. The minimum absolute atomic E-state index is 0.0303. The lowest BCUT2D eigenvalue weighted by molar-refractivity contribution is -0.140. The van der Waals surface area contributed by atoms with E-state index < -0.39 is 16.1 Å². The number of carbonyl (C=O) groups excluding carboxylic acids is 2. The Morgan fingerprint density at radius 1 is 0.943 bits per heavy atom. The molecule has 1 atom stereocenters. The third-order valence-corrected chi connectivity index (χ3v) is 7.21. The van der Waals surface area contributed by atoms with E-state index in [4.69, 9.17) is 0 Å². The standard InChI is InChI=1S/C27H39N3O4S/c1-20(2)28-27(32)23(5)29(18-16-24-11-8-7-9-12-24)26(31)13-10-17-30(35(6,33)34)25-15-14-21(3)22(4)19-25/h7-9,11-12,14-15,19-20,23H,10,13,16-18H2,1-6H3,(H,28,32)/t23-/m1/s1. The van der Waals surface area contributed by atoms with Gasteiger partial charge in [-0.3, -0.25) is 13.9 Å². The van der Waals surface area contributed by atoms with E-state index in [0.717, 1.165) is 16.7 Å². The number of amides is 2. The normalized spacial score (nSPS) is 12.3. The molecule has 2 amide bonds. The van der Waals surface area contributed by atoms with E-state index in [2.05, 4.69) is 5.32 Å². The SMILES string of the molecule is Cc1ccc(N(CCCC(=O)N(CCc2ccccc2)[C@H](C)C(=O)NC(C)C)S(C)(=O)=O)cc1C. The van der Waals surface area contributed by atoms with Gasteiger partial charge < -0.3 is 10.2 Å². The smallest absolute Gasteiger partial charge is 0.242 e.